The average molecular weight is 376 g/mol. The molecule has 0 bridgehead atoms. The Bertz CT molecular complexity index is 1140. The highest BCUT2D eigenvalue weighted by molar-refractivity contribution is 5.86. The van der Waals surface area contributed by atoms with E-state index < -0.39 is 0 Å². The predicted octanol–water partition coefficient (Wildman–Crippen LogP) is 3.53. The maximum atomic E-state index is 12.1. The molecule has 4 nitrogen and oxygen atoms in total. The number of aryl methyl sites for hydroxylation is 3. The Hall–Kier alpha value is -2.59. The van der Waals surface area contributed by atoms with E-state index in [4.69, 9.17) is 9.15 Å². The van der Waals surface area contributed by atoms with Gasteiger partial charge in [0.05, 0.1) is 0 Å². The second-order valence-corrected chi connectivity index (χ2v) is 8.27. The van der Waals surface area contributed by atoms with Gasteiger partial charge in [-0.15, -0.1) is 0 Å². The Labute approximate surface area is 164 Å². The molecule has 3 aromatic rings. The van der Waals surface area contributed by atoms with E-state index in [0.717, 1.165) is 28.8 Å². The SMILES string of the molecule is Cc1c(C)c2cc3c(c(C)c2oc1=O)OC[NH+]([C@H]1CCCc2ccccc21)C3. The third-order valence-corrected chi connectivity index (χ3v) is 6.69. The maximum Gasteiger partial charge on any atom is 0.339 e. The Morgan fingerprint density at radius 1 is 1.04 bits per heavy atom. The summed E-state index contributed by atoms with van der Waals surface area (Å²) in [6.45, 7) is 7.42. The summed E-state index contributed by atoms with van der Waals surface area (Å²) < 4.78 is 11.9. The summed E-state index contributed by atoms with van der Waals surface area (Å²) in [6.07, 6.45) is 3.61. The summed E-state index contributed by atoms with van der Waals surface area (Å²) in [5.74, 6) is 0.895. The number of rotatable bonds is 1. The first kappa shape index (κ1) is 17.5. The molecule has 0 amide bonds. The van der Waals surface area contributed by atoms with Gasteiger partial charge in [0.15, 0.2) is 0 Å². The van der Waals surface area contributed by atoms with Gasteiger partial charge in [-0.3, -0.25) is 4.90 Å². The van der Waals surface area contributed by atoms with Gasteiger partial charge in [-0.05, 0) is 50.8 Å². The lowest BCUT2D eigenvalue weighted by molar-refractivity contribution is -0.963. The number of hydrogen-bond acceptors (Lipinski definition) is 3. The molecule has 2 heterocycles. The van der Waals surface area contributed by atoms with Crippen molar-refractivity contribution in [3.63, 3.8) is 0 Å². The van der Waals surface area contributed by atoms with E-state index in [1.54, 1.807) is 0 Å². The molecule has 1 N–H and O–H groups in total. The second kappa shape index (κ2) is 6.49. The second-order valence-electron chi connectivity index (χ2n) is 8.27. The number of ether oxygens (including phenoxy) is 1. The van der Waals surface area contributed by atoms with Crippen LogP contribution in [0.15, 0.2) is 39.5 Å². The van der Waals surface area contributed by atoms with E-state index in [1.165, 1.54) is 40.9 Å². The van der Waals surface area contributed by atoms with Crippen LogP contribution in [0.3, 0.4) is 0 Å². The topological polar surface area (TPSA) is 43.9 Å². The van der Waals surface area contributed by atoms with Crippen LogP contribution in [-0.2, 0) is 13.0 Å². The van der Waals surface area contributed by atoms with Gasteiger partial charge >= 0.3 is 5.63 Å². The van der Waals surface area contributed by atoms with Gasteiger partial charge in [0.1, 0.15) is 23.9 Å². The van der Waals surface area contributed by atoms with Gasteiger partial charge in [0.25, 0.3) is 0 Å². The van der Waals surface area contributed by atoms with Crippen molar-refractivity contribution in [1.29, 1.82) is 0 Å². The van der Waals surface area contributed by atoms with Gasteiger partial charge in [-0.2, -0.15) is 0 Å². The van der Waals surface area contributed by atoms with Crippen molar-refractivity contribution >= 4 is 11.0 Å². The third-order valence-electron chi connectivity index (χ3n) is 6.69. The summed E-state index contributed by atoms with van der Waals surface area (Å²) in [5, 5.41) is 1.03. The van der Waals surface area contributed by atoms with Crippen molar-refractivity contribution in [2.24, 2.45) is 0 Å². The predicted molar refractivity (Wildman–Crippen MR) is 109 cm³/mol. The van der Waals surface area contributed by atoms with Crippen molar-refractivity contribution < 1.29 is 14.1 Å². The van der Waals surface area contributed by atoms with E-state index >= 15 is 0 Å². The van der Waals surface area contributed by atoms with Crippen molar-refractivity contribution in [2.45, 2.75) is 52.6 Å². The van der Waals surface area contributed by atoms with Gasteiger partial charge < -0.3 is 9.15 Å². The van der Waals surface area contributed by atoms with E-state index in [0.29, 0.717) is 23.9 Å². The average Bonchev–Trinajstić information content (AvgIpc) is 2.72. The highest BCUT2D eigenvalue weighted by atomic mass is 16.5. The van der Waals surface area contributed by atoms with E-state index in [1.807, 2.05) is 20.8 Å². The van der Waals surface area contributed by atoms with E-state index in [9.17, 15) is 4.79 Å². The summed E-state index contributed by atoms with van der Waals surface area (Å²) >= 11 is 0. The van der Waals surface area contributed by atoms with Gasteiger partial charge in [-0.25, -0.2) is 4.79 Å². The molecule has 0 saturated heterocycles. The molecule has 0 spiro atoms. The van der Waals surface area contributed by atoms with Crippen LogP contribution in [-0.4, -0.2) is 6.73 Å². The molecule has 5 rings (SSSR count). The molecule has 1 unspecified atom stereocenters. The van der Waals surface area contributed by atoms with Crippen LogP contribution < -0.4 is 15.3 Å². The zero-order valence-corrected chi connectivity index (χ0v) is 16.7. The molecule has 0 saturated carbocycles. The normalized spacial score (nSPS) is 21.1. The largest absolute Gasteiger partial charge is 0.444 e. The van der Waals surface area contributed by atoms with Crippen LogP contribution in [0.25, 0.3) is 11.0 Å². The van der Waals surface area contributed by atoms with Crippen LogP contribution in [0.1, 0.15) is 52.3 Å². The summed E-state index contributed by atoms with van der Waals surface area (Å²) in [6, 6.07) is 11.5. The first-order valence-electron chi connectivity index (χ1n) is 10.2. The highest BCUT2D eigenvalue weighted by Gasteiger charge is 2.33. The minimum atomic E-state index is -0.255. The van der Waals surface area contributed by atoms with Crippen LogP contribution in [0.4, 0.5) is 0 Å². The smallest absolute Gasteiger partial charge is 0.339 e. The lowest BCUT2D eigenvalue weighted by atomic mass is 9.86. The molecule has 144 valence electrons. The van der Waals surface area contributed by atoms with Crippen molar-refractivity contribution in [3.05, 3.63) is 74.1 Å². The number of hydrogen-bond donors (Lipinski definition) is 1. The Morgan fingerprint density at radius 3 is 2.71 bits per heavy atom. The quantitative estimate of drug-likeness (QED) is 0.661. The molecular formula is C24H26NO3+. The van der Waals surface area contributed by atoms with Crippen molar-refractivity contribution in [3.8, 4) is 5.75 Å². The van der Waals surface area contributed by atoms with Crippen LogP contribution >= 0.6 is 0 Å². The summed E-state index contributed by atoms with van der Waals surface area (Å²) in [4.78, 5) is 13.6. The molecule has 2 aliphatic rings. The third kappa shape index (κ3) is 2.59. The zero-order valence-electron chi connectivity index (χ0n) is 16.7. The molecule has 0 radical (unpaired) electrons. The van der Waals surface area contributed by atoms with Crippen LogP contribution in [0.2, 0.25) is 0 Å². The monoisotopic (exact) mass is 376 g/mol. The summed E-state index contributed by atoms with van der Waals surface area (Å²) in [7, 11) is 0. The van der Waals surface area contributed by atoms with Crippen molar-refractivity contribution in [2.75, 3.05) is 6.73 Å². The molecule has 0 fully saturated rings. The van der Waals surface area contributed by atoms with Gasteiger partial charge in [0, 0.05) is 34.1 Å². The Kier molecular flexibility index (Phi) is 4.06. The first-order chi connectivity index (χ1) is 13.5. The minimum absolute atomic E-state index is 0.255. The lowest BCUT2D eigenvalue weighted by Crippen LogP contribution is -3.12. The molecule has 2 aromatic carbocycles. The zero-order chi connectivity index (χ0) is 19.4. The van der Waals surface area contributed by atoms with Crippen LogP contribution in [0, 0.1) is 20.8 Å². The fourth-order valence-corrected chi connectivity index (χ4v) is 4.98. The maximum absolute atomic E-state index is 12.1. The standard InChI is InChI=1S/C24H25NO3/c1-14-15(2)24(26)28-23-16(3)22-18(11-20(14)23)12-25(13-27-22)21-10-6-8-17-7-4-5-9-19(17)21/h4-5,7,9,11,21H,6,8,10,12-13H2,1-3H3/p+1/t21-/m0/s1. The molecule has 28 heavy (non-hydrogen) atoms. The van der Waals surface area contributed by atoms with E-state index in [-0.39, 0.29) is 5.63 Å². The number of fused-ring (bicyclic) bond motifs is 3. The fraction of sp³-hybridized carbons (Fsp3) is 0.375. The van der Waals surface area contributed by atoms with Gasteiger partial charge in [0.2, 0.25) is 6.73 Å². The Balaban J connectivity index is 1.58. The molecule has 1 aromatic heterocycles. The van der Waals surface area contributed by atoms with Crippen molar-refractivity contribution in [1.82, 2.24) is 0 Å². The molecule has 2 atom stereocenters. The van der Waals surface area contributed by atoms with Crippen LogP contribution in [0.5, 0.6) is 5.75 Å². The molecular weight excluding hydrogens is 350 g/mol. The molecule has 1 aliphatic carbocycles. The molecule has 4 heteroatoms. The minimum Gasteiger partial charge on any atom is -0.444 e. The molecule has 1 aliphatic heterocycles. The summed E-state index contributed by atoms with van der Waals surface area (Å²) in [5.41, 5.74) is 7.22. The fourth-order valence-electron chi connectivity index (χ4n) is 4.98. The number of nitrogens with one attached hydrogen (secondary N) is 1. The number of quaternary nitrogens is 1. The lowest BCUT2D eigenvalue weighted by Gasteiger charge is -2.36. The Morgan fingerprint density at radius 2 is 1.86 bits per heavy atom. The van der Waals surface area contributed by atoms with E-state index in [2.05, 4.69) is 30.3 Å². The van der Waals surface area contributed by atoms with Gasteiger partial charge in [-0.1, -0.05) is 24.3 Å². The highest BCUT2D eigenvalue weighted by Crippen LogP contribution is 2.35. The first-order valence-corrected chi connectivity index (χ1v) is 10.2. The number of benzene rings is 2.